The highest BCUT2D eigenvalue weighted by molar-refractivity contribution is 7.89. The van der Waals surface area contributed by atoms with Crippen molar-refractivity contribution in [2.24, 2.45) is 11.8 Å². The molecule has 1 aromatic rings. The zero-order chi connectivity index (χ0) is 19.2. The normalized spacial score (nSPS) is 14.6. The monoisotopic (exact) mass is 374 g/mol. The molecule has 2 atom stereocenters. The number of nitrogens with one attached hydrogen (secondary N) is 2. The van der Waals surface area contributed by atoms with Crippen molar-refractivity contribution < 1.29 is 22.7 Å². The molecular formula is C17H27FN2O4S. The summed E-state index contributed by atoms with van der Waals surface area (Å²) < 4.78 is 40.8. The topological polar surface area (TPSA) is 95.5 Å². The van der Waals surface area contributed by atoms with Gasteiger partial charge in [0.25, 0.3) is 0 Å². The Morgan fingerprint density at radius 1 is 1.16 bits per heavy atom. The molecule has 0 radical (unpaired) electrons. The molecule has 0 aliphatic rings. The Balaban J connectivity index is 2.80. The van der Waals surface area contributed by atoms with E-state index >= 15 is 0 Å². The zero-order valence-electron chi connectivity index (χ0n) is 15.0. The van der Waals surface area contributed by atoms with E-state index in [1.807, 2.05) is 13.8 Å². The van der Waals surface area contributed by atoms with E-state index in [4.69, 9.17) is 0 Å². The van der Waals surface area contributed by atoms with Crippen LogP contribution in [0.2, 0.25) is 0 Å². The summed E-state index contributed by atoms with van der Waals surface area (Å²) in [7, 11) is -4.17. The molecule has 0 saturated carbocycles. The molecule has 3 N–H and O–H groups in total. The Hall–Kier alpha value is -1.51. The van der Waals surface area contributed by atoms with E-state index in [9.17, 15) is 22.7 Å². The van der Waals surface area contributed by atoms with Crippen molar-refractivity contribution in [3.63, 3.8) is 0 Å². The van der Waals surface area contributed by atoms with Gasteiger partial charge >= 0.3 is 0 Å². The van der Waals surface area contributed by atoms with E-state index in [1.54, 1.807) is 13.8 Å². The van der Waals surface area contributed by atoms with Crippen molar-refractivity contribution in [1.29, 1.82) is 0 Å². The number of sulfonamides is 1. The molecule has 6 nitrogen and oxygen atoms in total. The summed E-state index contributed by atoms with van der Waals surface area (Å²) in [5.74, 6) is -1.65. The maximum absolute atomic E-state index is 13.8. The summed E-state index contributed by atoms with van der Waals surface area (Å²) in [6.45, 7) is 7.34. The van der Waals surface area contributed by atoms with Crippen LogP contribution in [0.5, 0.6) is 0 Å². The van der Waals surface area contributed by atoms with Gasteiger partial charge in [-0.25, -0.2) is 12.8 Å². The lowest BCUT2D eigenvalue weighted by Gasteiger charge is -2.22. The van der Waals surface area contributed by atoms with Gasteiger partial charge in [-0.05, 0) is 30.4 Å². The number of benzene rings is 1. The van der Waals surface area contributed by atoms with Crippen LogP contribution in [0.1, 0.15) is 34.1 Å². The summed E-state index contributed by atoms with van der Waals surface area (Å²) in [5.41, 5.74) is 0. The Morgan fingerprint density at radius 2 is 1.76 bits per heavy atom. The number of aliphatic hydroxyl groups excluding tert-OH is 1. The van der Waals surface area contributed by atoms with Gasteiger partial charge < -0.3 is 10.4 Å². The van der Waals surface area contributed by atoms with Crippen molar-refractivity contribution in [2.45, 2.75) is 51.2 Å². The summed E-state index contributed by atoms with van der Waals surface area (Å²) >= 11 is 0. The summed E-state index contributed by atoms with van der Waals surface area (Å²) in [5, 5.41) is 12.4. The first-order valence-corrected chi connectivity index (χ1v) is 9.77. The van der Waals surface area contributed by atoms with Gasteiger partial charge in [-0.15, -0.1) is 0 Å². The molecule has 25 heavy (non-hydrogen) atoms. The second kappa shape index (κ2) is 9.26. The van der Waals surface area contributed by atoms with Crippen LogP contribution in [0.4, 0.5) is 4.39 Å². The lowest BCUT2D eigenvalue weighted by molar-refractivity contribution is -0.123. The quantitative estimate of drug-likeness (QED) is 0.612. The molecule has 8 heteroatoms. The molecule has 0 aliphatic heterocycles. The van der Waals surface area contributed by atoms with Crippen LogP contribution in [0.15, 0.2) is 29.2 Å². The number of amides is 1. The van der Waals surface area contributed by atoms with Crippen LogP contribution in [0.25, 0.3) is 0 Å². The number of halogens is 1. The Kier molecular flexibility index (Phi) is 7.98. The highest BCUT2D eigenvalue weighted by atomic mass is 32.2. The van der Waals surface area contributed by atoms with Crippen molar-refractivity contribution >= 4 is 15.9 Å². The van der Waals surface area contributed by atoms with Gasteiger partial charge in [0.2, 0.25) is 15.9 Å². The van der Waals surface area contributed by atoms with Crippen LogP contribution in [0.3, 0.4) is 0 Å². The first kappa shape index (κ1) is 21.5. The van der Waals surface area contributed by atoms with Crippen LogP contribution in [-0.4, -0.2) is 38.1 Å². The molecule has 0 bridgehead atoms. The molecule has 0 aromatic heterocycles. The fourth-order valence-corrected chi connectivity index (χ4v) is 3.60. The van der Waals surface area contributed by atoms with Crippen LogP contribution >= 0.6 is 0 Å². The second-order valence-corrected chi connectivity index (χ2v) is 8.35. The molecular weight excluding hydrogens is 347 g/mol. The molecule has 0 fully saturated rings. The third-order valence-corrected chi connectivity index (χ3v) is 5.34. The molecule has 0 spiro atoms. The van der Waals surface area contributed by atoms with Crippen LogP contribution in [0, 0.1) is 17.7 Å². The Bertz CT molecular complexity index is 677. The molecule has 142 valence electrons. The SMILES string of the molecule is CC(C)[C@H](O)CCNC(=O)[C@@H](NS(=O)(=O)c1ccccc1F)C(C)C. The Morgan fingerprint density at radius 3 is 2.28 bits per heavy atom. The third-order valence-electron chi connectivity index (χ3n) is 3.87. The van der Waals surface area contributed by atoms with Crippen molar-refractivity contribution in [2.75, 3.05) is 6.54 Å². The molecule has 1 aromatic carbocycles. The molecule has 1 amide bonds. The van der Waals surface area contributed by atoms with Gasteiger partial charge in [-0.2, -0.15) is 4.72 Å². The van der Waals surface area contributed by atoms with E-state index < -0.39 is 38.8 Å². The lowest BCUT2D eigenvalue weighted by atomic mass is 10.0. The molecule has 0 aliphatic carbocycles. The van der Waals surface area contributed by atoms with E-state index in [1.165, 1.54) is 12.1 Å². The largest absolute Gasteiger partial charge is 0.393 e. The van der Waals surface area contributed by atoms with Gasteiger partial charge in [-0.1, -0.05) is 39.8 Å². The highest BCUT2D eigenvalue weighted by Crippen LogP contribution is 2.15. The van der Waals surface area contributed by atoms with Crippen molar-refractivity contribution in [3.8, 4) is 0 Å². The van der Waals surface area contributed by atoms with Crippen LogP contribution in [-0.2, 0) is 14.8 Å². The number of hydrogen-bond donors (Lipinski definition) is 3. The lowest BCUT2D eigenvalue weighted by Crippen LogP contribution is -2.50. The van der Waals surface area contributed by atoms with E-state index in [2.05, 4.69) is 10.0 Å². The van der Waals surface area contributed by atoms with Crippen LogP contribution < -0.4 is 10.0 Å². The maximum atomic E-state index is 13.8. The van der Waals surface area contributed by atoms with Gasteiger partial charge in [-0.3, -0.25) is 4.79 Å². The third kappa shape index (κ3) is 6.37. The minimum atomic E-state index is -4.17. The van der Waals surface area contributed by atoms with Crippen molar-refractivity contribution in [1.82, 2.24) is 10.0 Å². The standard InChI is InChI=1S/C17H27FN2O4S/c1-11(2)14(21)9-10-19-17(22)16(12(3)4)20-25(23,24)15-8-6-5-7-13(15)18/h5-8,11-12,14,16,20-21H,9-10H2,1-4H3,(H,19,22)/t14-,16+/m1/s1. The number of aliphatic hydroxyl groups is 1. The average Bonchev–Trinajstić information content (AvgIpc) is 2.52. The second-order valence-electron chi connectivity index (χ2n) is 6.66. The molecule has 0 unspecified atom stereocenters. The van der Waals surface area contributed by atoms with Gasteiger partial charge in [0, 0.05) is 6.54 Å². The summed E-state index contributed by atoms with van der Waals surface area (Å²) in [4.78, 5) is 11.8. The van der Waals surface area contributed by atoms with Gasteiger partial charge in [0.1, 0.15) is 16.8 Å². The van der Waals surface area contributed by atoms with E-state index in [-0.39, 0.29) is 18.4 Å². The smallest absolute Gasteiger partial charge is 0.244 e. The van der Waals surface area contributed by atoms with E-state index in [0.717, 1.165) is 12.1 Å². The minimum absolute atomic E-state index is 0.0670. The Labute approximate surface area is 148 Å². The molecule has 0 saturated heterocycles. The fraction of sp³-hybridized carbons (Fsp3) is 0.588. The summed E-state index contributed by atoms with van der Waals surface area (Å²) in [6.07, 6.45) is -0.179. The maximum Gasteiger partial charge on any atom is 0.244 e. The highest BCUT2D eigenvalue weighted by Gasteiger charge is 2.29. The predicted molar refractivity (Wildman–Crippen MR) is 93.8 cm³/mol. The average molecular weight is 374 g/mol. The number of carbonyl (C=O) groups excluding carboxylic acids is 1. The molecule has 1 rings (SSSR count). The predicted octanol–water partition coefficient (Wildman–Crippen LogP) is 1.65. The number of rotatable bonds is 9. The minimum Gasteiger partial charge on any atom is -0.393 e. The van der Waals surface area contributed by atoms with Crippen molar-refractivity contribution in [3.05, 3.63) is 30.1 Å². The summed E-state index contributed by atoms with van der Waals surface area (Å²) in [6, 6.07) is 3.95. The molecule has 0 heterocycles. The first-order chi connectivity index (χ1) is 11.6. The first-order valence-electron chi connectivity index (χ1n) is 8.29. The van der Waals surface area contributed by atoms with E-state index in [0.29, 0.717) is 6.42 Å². The van der Waals surface area contributed by atoms with Gasteiger partial charge in [0.05, 0.1) is 6.10 Å². The number of hydrogen-bond acceptors (Lipinski definition) is 4. The fourth-order valence-electron chi connectivity index (χ4n) is 2.17. The van der Waals surface area contributed by atoms with Gasteiger partial charge in [0.15, 0.2) is 0 Å². The number of carbonyl (C=O) groups is 1. The zero-order valence-corrected chi connectivity index (χ0v) is 15.8.